The van der Waals surface area contributed by atoms with Crippen molar-refractivity contribution in [2.75, 3.05) is 0 Å². The molecule has 0 aliphatic rings. The molecule has 0 heterocycles. The lowest BCUT2D eigenvalue weighted by atomic mass is 10.0. The number of carboxylic acids is 1. The maximum absolute atomic E-state index is 11.0. The molecule has 1 N–H and O–H groups in total. The van der Waals surface area contributed by atoms with Gasteiger partial charge in [-0.15, -0.1) is 0 Å². The van der Waals surface area contributed by atoms with E-state index in [0.29, 0.717) is 6.42 Å². The van der Waals surface area contributed by atoms with E-state index in [0.717, 1.165) is 16.7 Å². The maximum Gasteiger partial charge on any atom is 0.335 e. The molecule has 3 heteroatoms. The summed E-state index contributed by atoms with van der Waals surface area (Å²) in [5, 5.41) is 8.83. The van der Waals surface area contributed by atoms with Gasteiger partial charge in [0.1, 0.15) is 5.78 Å². The van der Waals surface area contributed by atoms with Crippen molar-refractivity contribution in [1.82, 2.24) is 0 Å². The Morgan fingerprint density at radius 2 is 1.37 bits per heavy atom. The molecule has 96 valence electrons. The Hall–Kier alpha value is -2.42. The maximum atomic E-state index is 11.0. The molecule has 0 aliphatic heterocycles. The molecular weight excluding hydrogens is 240 g/mol. The number of carboxylic acid groups (broad SMARTS) is 1. The molecule has 3 nitrogen and oxygen atoms in total. The molecule has 0 radical (unpaired) electrons. The van der Waals surface area contributed by atoms with Crippen LogP contribution in [0.1, 0.15) is 22.8 Å². The number of benzene rings is 2. The number of hydrogen-bond donors (Lipinski definition) is 1. The van der Waals surface area contributed by atoms with E-state index in [1.807, 2.05) is 24.3 Å². The van der Waals surface area contributed by atoms with Crippen molar-refractivity contribution in [3.05, 3.63) is 59.7 Å². The van der Waals surface area contributed by atoms with Crippen LogP contribution in [0.4, 0.5) is 0 Å². The molecule has 2 aromatic rings. The third kappa shape index (κ3) is 3.28. The molecule has 0 bridgehead atoms. The molecule has 0 unspecified atom stereocenters. The Labute approximate surface area is 111 Å². The normalized spacial score (nSPS) is 10.2. The number of Topliss-reactive ketones (excluding diaryl/α,β-unsaturated/α-hetero) is 1. The van der Waals surface area contributed by atoms with E-state index in [1.165, 1.54) is 0 Å². The molecular formula is C16H14O3. The molecule has 0 amide bonds. The van der Waals surface area contributed by atoms with Crippen LogP contribution < -0.4 is 0 Å². The number of carbonyl (C=O) groups is 2. The lowest BCUT2D eigenvalue weighted by Crippen LogP contribution is -1.96. The summed E-state index contributed by atoms with van der Waals surface area (Å²) in [5.41, 5.74) is 3.22. The highest BCUT2D eigenvalue weighted by molar-refractivity contribution is 5.88. The molecule has 19 heavy (non-hydrogen) atoms. The Bertz CT molecular complexity index is 595. The smallest absolute Gasteiger partial charge is 0.335 e. The number of ketones is 1. The summed E-state index contributed by atoms with van der Waals surface area (Å²) in [7, 11) is 0. The number of hydrogen-bond acceptors (Lipinski definition) is 2. The van der Waals surface area contributed by atoms with Crippen LogP contribution in [-0.4, -0.2) is 16.9 Å². The Kier molecular flexibility index (Phi) is 3.76. The average molecular weight is 254 g/mol. The van der Waals surface area contributed by atoms with Crippen LogP contribution in [0.15, 0.2) is 48.5 Å². The van der Waals surface area contributed by atoms with Gasteiger partial charge < -0.3 is 5.11 Å². The minimum atomic E-state index is -0.927. The summed E-state index contributed by atoms with van der Waals surface area (Å²) >= 11 is 0. The Morgan fingerprint density at radius 1 is 0.895 bits per heavy atom. The number of aromatic carboxylic acids is 1. The van der Waals surface area contributed by atoms with Crippen molar-refractivity contribution >= 4 is 11.8 Å². The van der Waals surface area contributed by atoms with Crippen LogP contribution in [0.2, 0.25) is 0 Å². The van der Waals surface area contributed by atoms with Gasteiger partial charge in [-0.05, 0) is 35.7 Å². The zero-order valence-corrected chi connectivity index (χ0v) is 10.6. The van der Waals surface area contributed by atoms with Crippen LogP contribution >= 0.6 is 0 Å². The molecule has 2 rings (SSSR count). The fourth-order valence-corrected chi connectivity index (χ4v) is 1.91. The van der Waals surface area contributed by atoms with E-state index >= 15 is 0 Å². The quantitative estimate of drug-likeness (QED) is 0.911. The first kappa shape index (κ1) is 13.0. The highest BCUT2D eigenvalue weighted by atomic mass is 16.4. The minimum absolute atomic E-state index is 0.138. The van der Waals surface area contributed by atoms with Crippen LogP contribution in [0.3, 0.4) is 0 Å². The van der Waals surface area contributed by atoms with Gasteiger partial charge >= 0.3 is 5.97 Å². The summed E-state index contributed by atoms with van der Waals surface area (Å²) in [6.45, 7) is 1.57. The summed E-state index contributed by atoms with van der Waals surface area (Å²) in [6, 6.07) is 14.4. The van der Waals surface area contributed by atoms with Crippen LogP contribution in [0, 0.1) is 0 Å². The fourth-order valence-electron chi connectivity index (χ4n) is 1.91. The highest BCUT2D eigenvalue weighted by Crippen LogP contribution is 2.20. The summed E-state index contributed by atoms with van der Waals surface area (Å²) in [6.07, 6.45) is 0.443. The lowest BCUT2D eigenvalue weighted by Gasteiger charge is -2.04. The van der Waals surface area contributed by atoms with Gasteiger partial charge in [-0.2, -0.15) is 0 Å². The summed E-state index contributed by atoms with van der Waals surface area (Å²) in [4.78, 5) is 21.8. The zero-order chi connectivity index (χ0) is 13.8. The van der Waals surface area contributed by atoms with Crippen LogP contribution in [-0.2, 0) is 11.2 Å². The second-order valence-corrected chi connectivity index (χ2v) is 4.46. The van der Waals surface area contributed by atoms with Gasteiger partial charge in [-0.25, -0.2) is 4.79 Å². The van der Waals surface area contributed by atoms with Gasteiger partial charge in [0.25, 0.3) is 0 Å². The standard InChI is InChI=1S/C16H14O3/c1-11(17)10-12-2-4-13(5-3-12)14-6-8-15(9-7-14)16(18)19/h2-9H,10H2,1H3,(H,18,19). The average Bonchev–Trinajstić information content (AvgIpc) is 2.39. The van der Waals surface area contributed by atoms with Crippen molar-refractivity contribution < 1.29 is 14.7 Å². The predicted molar refractivity (Wildman–Crippen MR) is 73.2 cm³/mol. The fraction of sp³-hybridized carbons (Fsp3) is 0.125. The van der Waals surface area contributed by atoms with E-state index < -0.39 is 5.97 Å². The van der Waals surface area contributed by atoms with Gasteiger partial charge in [0.05, 0.1) is 5.56 Å². The molecule has 0 aromatic heterocycles. The molecule has 0 fully saturated rings. The zero-order valence-electron chi connectivity index (χ0n) is 10.6. The lowest BCUT2D eigenvalue weighted by molar-refractivity contribution is -0.116. The summed E-state index contributed by atoms with van der Waals surface area (Å²) in [5.74, 6) is -0.790. The molecule has 2 aromatic carbocycles. The third-order valence-corrected chi connectivity index (χ3v) is 2.87. The third-order valence-electron chi connectivity index (χ3n) is 2.87. The SMILES string of the molecule is CC(=O)Cc1ccc(-c2ccc(C(=O)O)cc2)cc1. The van der Waals surface area contributed by atoms with Gasteiger partial charge in [0, 0.05) is 6.42 Å². The Balaban J connectivity index is 2.22. The molecule has 0 spiro atoms. The topological polar surface area (TPSA) is 54.4 Å². The summed E-state index contributed by atoms with van der Waals surface area (Å²) < 4.78 is 0. The van der Waals surface area contributed by atoms with Crippen molar-refractivity contribution in [2.45, 2.75) is 13.3 Å². The van der Waals surface area contributed by atoms with Gasteiger partial charge in [0.2, 0.25) is 0 Å². The molecule has 0 atom stereocenters. The van der Waals surface area contributed by atoms with Gasteiger partial charge in [0.15, 0.2) is 0 Å². The van der Waals surface area contributed by atoms with Crippen molar-refractivity contribution in [3.8, 4) is 11.1 Å². The first-order valence-electron chi connectivity index (χ1n) is 5.98. The monoisotopic (exact) mass is 254 g/mol. The molecule has 0 saturated heterocycles. The van der Waals surface area contributed by atoms with Gasteiger partial charge in [-0.3, -0.25) is 4.79 Å². The number of carbonyl (C=O) groups excluding carboxylic acids is 1. The minimum Gasteiger partial charge on any atom is -0.478 e. The second-order valence-electron chi connectivity index (χ2n) is 4.46. The second kappa shape index (κ2) is 5.48. The number of rotatable bonds is 4. The van der Waals surface area contributed by atoms with E-state index in [1.54, 1.807) is 31.2 Å². The van der Waals surface area contributed by atoms with Crippen LogP contribution in [0.25, 0.3) is 11.1 Å². The van der Waals surface area contributed by atoms with Gasteiger partial charge in [-0.1, -0.05) is 36.4 Å². The van der Waals surface area contributed by atoms with E-state index in [4.69, 9.17) is 5.11 Å². The largest absolute Gasteiger partial charge is 0.478 e. The highest BCUT2D eigenvalue weighted by Gasteiger charge is 2.03. The predicted octanol–water partition coefficient (Wildman–Crippen LogP) is 3.18. The van der Waals surface area contributed by atoms with Crippen LogP contribution in [0.5, 0.6) is 0 Å². The molecule has 0 saturated carbocycles. The first-order chi connectivity index (χ1) is 9.06. The first-order valence-corrected chi connectivity index (χ1v) is 5.98. The van der Waals surface area contributed by atoms with Crippen molar-refractivity contribution in [2.24, 2.45) is 0 Å². The molecule has 0 aliphatic carbocycles. The van der Waals surface area contributed by atoms with Crippen molar-refractivity contribution in [3.63, 3.8) is 0 Å². The van der Waals surface area contributed by atoms with Crippen molar-refractivity contribution in [1.29, 1.82) is 0 Å². The van der Waals surface area contributed by atoms with E-state index in [2.05, 4.69) is 0 Å². The Morgan fingerprint density at radius 3 is 1.79 bits per heavy atom. The van der Waals surface area contributed by atoms with E-state index in [9.17, 15) is 9.59 Å². The van der Waals surface area contributed by atoms with E-state index in [-0.39, 0.29) is 11.3 Å².